The molecule has 0 saturated heterocycles. The summed E-state index contributed by atoms with van der Waals surface area (Å²) in [6, 6.07) is 11.1. The molecule has 0 unspecified atom stereocenters. The maximum Gasteiger partial charge on any atom is 0.247 e. The second kappa shape index (κ2) is 8.84. The molecule has 1 atom stereocenters. The Hall–Kier alpha value is -2.25. The van der Waals surface area contributed by atoms with Gasteiger partial charge in [-0.05, 0) is 48.7 Å². The smallest absolute Gasteiger partial charge is 0.247 e. The van der Waals surface area contributed by atoms with E-state index in [9.17, 15) is 13.2 Å². The highest BCUT2D eigenvalue weighted by Crippen LogP contribution is 2.31. The molecule has 0 heterocycles. The van der Waals surface area contributed by atoms with Gasteiger partial charge in [-0.1, -0.05) is 37.6 Å². The van der Waals surface area contributed by atoms with Gasteiger partial charge in [0.1, 0.15) is 11.8 Å². The van der Waals surface area contributed by atoms with E-state index >= 15 is 0 Å². The minimum absolute atomic E-state index is 0.255. The van der Waals surface area contributed by atoms with Crippen molar-refractivity contribution in [2.24, 2.45) is 0 Å². The summed E-state index contributed by atoms with van der Waals surface area (Å²) in [6.45, 7) is 5.69. The first-order valence-corrected chi connectivity index (χ1v) is 11.0. The van der Waals surface area contributed by atoms with Crippen molar-refractivity contribution in [1.29, 1.82) is 0 Å². The highest BCUT2D eigenvalue weighted by atomic mass is 35.5. The van der Waals surface area contributed by atoms with Crippen LogP contribution in [-0.2, 0) is 14.8 Å². The van der Waals surface area contributed by atoms with E-state index in [-0.39, 0.29) is 10.7 Å². The van der Waals surface area contributed by atoms with Crippen LogP contribution in [-0.4, -0.2) is 33.7 Å². The molecule has 2 rings (SSSR count). The fraction of sp³-hybridized carbons (Fsp3) is 0.350. The summed E-state index contributed by atoms with van der Waals surface area (Å²) >= 11 is 6.13. The Morgan fingerprint density at radius 3 is 2.18 bits per heavy atom. The lowest BCUT2D eigenvalue weighted by Gasteiger charge is -2.28. The van der Waals surface area contributed by atoms with Gasteiger partial charge >= 0.3 is 0 Å². The average Bonchev–Trinajstić information content (AvgIpc) is 2.61. The number of sulfonamides is 1. The molecule has 2 aromatic carbocycles. The molecular formula is C20H25ClN2O4S. The first-order chi connectivity index (χ1) is 13.0. The van der Waals surface area contributed by atoms with Crippen molar-refractivity contribution in [3.63, 3.8) is 0 Å². The van der Waals surface area contributed by atoms with Crippen LogP contribution in [0.2, 0.25) is 5.02 Å². The molecule has 0 aromatic heterocycles. The van der Waals surface area contributed by atoms with Gasteiger partial charge in [0.15, 0.2) is 0 Å². The van der Waals surface area contributed by atoms with Crippen molar-refractivity contribution in [3.8, 4) is 5.75 Å². The molecule has 0 radical (unpaired) electrons. The highest BCUT2D eigenvalue weighted by Gasteiger charge is 2.29. The Morgan fingerprint density at radius 2 is 1.71 bits per heavy atom. The van der Waals surface area contributed by atoms with Crippen molar-refractivity contribution in [2.75, 3.05) is 23.0 Å². The van der Waals surface area contributed by atoms with Gasteiger partial charge in [-0.3, -0.25) is 9.10 Å². The first-order valence-electron chi connectivity index (χ1n) is 8.78. The number of carbonyl (C=O) groups is 1. The summed E-state index contributed by atoms with van der Waals surface area (Å²) in [5, 5.41) is 3.02. The number of hydrogen-bond donors (Lipinski definition) is 1. The molecule has 8 heteroatoms. The average molecular weight is 425 g/mol. The van der Waals surface area contributed by atoms with E-state index in [0.29, 0.717) is 17.4 Å². The maximum absolute atomic E-state index is 12.7. The fourth-order valence-corrected chi connectivity index (χ4v) is 4.22. The zero-order valence-electron chi connectivity index (χ0n) is 16.6. The van der Waals surface area contributed by atoms with Crippen LogP contribution in [0.25, 0.3) is 0 Å². The monoisotopic (exact) mass is 424 g/mol. The number of anilines is 2. The van der Waals surface area contributed by atoms with Crippen LogP contribution >= 0.6 is 11.6 Å². The minimum Gasteiger partial charge on any atom is -0.495 e. The van der Waals surface area contributed by atoms with Crippen molar-refractivity contribution < 1.29 is 17.9 Å². The second-order valence-electron chi connectivity index (χ2n) is 6.82. The summed E-state index contributed by atoms with van der Waals surface area (Å²) in [5.74, 6) is 0.347. The van der Waals surface area contributed by atoms with E-state index in [1.807, 2.05) is 12.1 Å². The summed E-state index contributed by atoms with van der Waals surface area (Å²) < 4.78 is 30.9. The van der Waals surface area contributed by atoms with Crippen LogP contribution in [0.3, 0.4) is 0 Å². The van der Waals surface area contributed by atoms with Crippen molar-refractivity contribution >= 4 is 38.9 Å². The summed E-state index contributed by atoms with van der Waals surface area (Å²) in [6.07, 6.45) is 1.05. The van der Waals surface area contributed by atoms with Crippen molar-refractivity contribution in [3.05, 3.63) is 53.1 Å². The fourth-order valence-electron chi connectivity index (χ4n) is 2.80. The molecule has 1 N–H and O–H groups in total. The third-order valence-electron chi connectivity index (χ3n) is 4.32. The van der Waals surface area contributed by atoms with Crippen molar-refractivity contribution in [2.45, 2.75) is 32.7 Å². The van der Waals surface area contributed by atoms with E-state index < -0.39 is 22.0 Å². The van der Waals surface area contributed by atoms with Crippen LogP contribution in [0.1, 0.15) is 32.3 Å². The van der Waals surface area contributed by atoms with Crippen LogP contribution in [0, 0.1) is 0 Å². The third-order valence-corrected chi connectivity index (χ3v) is 5.86. The Kier molecular flexibility index (Phi) is 6.96. The number of ether oxygens (including phenoxy) is 1. The predicted octanol–water partition coefficient (Wildman–Crippen LogP) is 4.27. The number of nitrogens with one attached hydrogen (secondary N) is 1. The molecule has 0 fully saturated rings. The topological polar surface area (TPSA) is 75.7 Å². The van der Waals surface area contributed by atoms with E-state index in [4.69, 9.17) is 16.3 Å². The number of amides is 1. The van der Waals surface area contributed by atoms with Gasteiger partial charge in [-0.2, -0.15) is 0 Å². The molecule has 28 heavy (non-hydrogen) atoms. The number of hydrogen-bond acceptors (Lipinski definition) is 4. The van der Waals surface area contributed by atoms with E-state index in [0.717, 1.165) is 16.1 Å². The summed E-state index contributed by atoms with van der Waals surface area (Å²) in [5.41, 5.74) is 2.03. The largest absolute Gasteiger partial charge is 0.495 e. The lowest BCUT2D eigenvalue weighted by Crippen LogP contribution is -2.45. The Bertz CT molecular complexity index is 943. The summed E-state index contributed by atoms with van der Waals surface area (Å²) in [7, 11) is -2.27. The Morgan fingerprint density at radius 1 is 1.11 bits per heavy atom. The van der Waals surface area contributed by atoms with Gasteiger partial charge in [-0.15, -0.1) is 0 Å². The maximum atomic E-state index is 12.7. The number of benzene rings is 2. The molecule has 152 valence electrons. The van der Waals surface area contributed by atoms with Crippen LogP contribution < -0.4 is 14.4 Å². The van der Waals surface area contributed by atoms with Gasteiger partial charge in [-0.25, -0.2) is 8.42 Å². The van der Waals surface area contributed by atoms with Crippen molar-refractivity contribution in [1.82, 2.24) is 0 Å². The zero-order chi connectivity index (χ0) is 21.1. The zero-order valence-corrected chi connectivity index (χ0v) is 18.1. The SMILES string of the molecule is COc1ccc(N([C@@H](C)C(=O)Nc2ccc(C(C)C)cc2)S(C)(=O)=O)cc1Cl. The third kappa shape index (κ3) is 5.17. The van der Waals surface area contributed by atoms with Gasteiger partial charge in [0, 0.05) is 5.69 Å². The number of rotatable bonds is 7. The molecule has 0 bridgehead atoms. The molecule has 0 saturated carbocycles. The molecular weight excluding hydrogens is 400 g/mol. The normalized spacial score (nSPS) is 12.5. The quantitative estimate of drug-likeness (QED) is 0.720. The molecule has 0 aliphatic rings. The van der Waals surface area contributed by atoms with Crippen LogP contribution in [0.15, 0.2) is 42.5 Å². The van der Waals surface area contributed by atoms with Gasteiger partial charge in [0.2, 0.25) is 15.9 Å². The second-order valence-corrected chi connectivity index (χ2v) is 9.09. The number of nitrogens with zero attached hydrogens (tertiary/aromatic N) is 1. The minimum atomic E-state index is -3.74. The molecule has 2 aromatic rings. The number of carbonyl (C=O) groups excluding carboxylic acids is 1. The molecule has 0 aliphatic heterocycles. The lowest BCUT2D eigenvalue weighted by molar-refractivity contribution is -0.116. The van der Waals surface area contributed by atoms with Gasteiger partial charge in [0.05, 0.1) is 24.1 Å². The van der Waals surface area contributed by atoms with Gasteiger partial charge < -0.3 is 10.1 Å². The predicted molar refractivity (Wildman–Crippen MR) is 114 cm³/mol. The molecule has 1 amide bonds. The standard InChI is InChI=1S/C20H25ClN2O4S/c1-13(2)15-6-8-16(9-7-15)22-20(24)14(3)23(28(5,25)26)17-10-11-19(27-4)18(21)12-17/h6-14H,1-5H3,(H,22,24)/t14-/m0/s1. The summed E-state index contributed by atoms with van der Waals surface area (Å²) in [4.78, 5) is 12.7. The van der Waals surface area contributed by atoms with Gasteiger partial charge in [0.25, 0.3) is 0 Å². The van der Waals surface area contributed by atoms with E-state index in [1.54, 1.807) is 24.3 Å². The number of methoxy groups -OCH3 is 1. The van der Waals surface area contributed by atoms with Crippen LogP contribution in [0.4, 0.5) is 11.4 Å². The number of halogens is 1. The van der Waals surface area contributed by atoms with E-state index in [1.165, 1.54) is 20.1 Å². The first kappa shape index (κ1) is 22.0. The highest BCUT2D eigenvalue weighted by molar-refractivity contribution is 7.92. The Labute approximate surface area is 171 Å². The van der Waals surface area contributed by atoms with Crippen LogP contribution in [0.5, 0.6) is 5.75 Å². The molecule has 0 aliphatic carbocycles. The lowest BCUT2D eigenvalue weighted by atomic mass is 10.0. The molecule has 6 nitrogen and oxygen atoms in total. The molecule has 0 spiro atoms. The Balaban J connectivity index is 2.28. The van der Waals surface area contributed by atoms with E-state index in [2.05, 4.69) is 19.2 Å².